The number of halogens is 2. The number of ether oxygens (including phenoxy) is 2. The Morgan fingerprint density at radius 2 is 1.82 bits per heavy atom. The molecule has 33 heavy (non-hydrogen) atoms. The van der Waals surface area contributed by atoms with Crippen molar-refractivity contribution in [2.45, 2.75) is 5.54 Å². The van der Waals surface area contributed by atoms with Crippen molar-refractivity contribution in [1.82, 2.24) is 15.0 Å². The molecule has 5 heterocycles. The van der Waals surface area contributed by atoms with Crippen LogP contribution in [0.5, 0.6) is 11.5 Å². The maximum atomic E-state index is 15.2. The van der Waals surface area contributed by atoms with Crippen LogP contribution in [0, 0.1) is 11.9 Å². The lowest BCUT2D eigenvalue weighted by Gasteiger charge is -2.33. The van der Waals surface area contributed by atoms with Crippen LogP contribution in [0.3, 0.4) is 0 Å². The molecule has 1 atom stereocenters. The third-order valence-corrected chi connectivity index (χ3v) is 5.77. The molecule has 2 aliphatic rings. The molecule has 9 heteroatoms. The maximum Gasteiger partial charge on any atom is 0.283 e. The molecule has 4 aromatic rings. The molecule has 2 aliphatic heterocycles. The van der Waals surface area contributed by atoms with Crippen LogP contribution in [-0.4, -0.2) is 27.6 Å². The van der Waals surface area contributed by atoms with Crippen LogP contribution in [0.4, 0.5) is 8.78 Å². The van der Waals surface area contributed by atoms with Gasteiger partial charge in [-0.2, -0.15) is 8.78 Å². The van der Waals surface area contributed by atoms with Gasteiger partial charge in [-0.1, -0.05) is 6.07 Å². The summed E-state index contributed by atoms with van der Waals surface area (Å²) in [5, 5.41) is 0. The molecular weight excluding hydrogens is 428 g/mol. The standard InChI is InChI=1S/C24H15F2N5O2/c25-21-15(4-2-8-29-21)13-5-6-19-16(9-13)24(12-32-23(27)31-24)17-10-18(14-3-1-7-28-11-14)30-22(26)20(17)33-19/h1-11H,12H2,(H2,27,31)/t24-/m0/s1. The van der Waals surface area contributed by atoms with E-state index in [0.29, 0.717) is 39.3 Å². The second-order valence-corrected chi connectivity index (χ2v) is 7.67. The highest BCUT2D eigenvalue weighted by molar-refractivity contribution is 5.78. The van der Waals surface area contributed by atoms with E-state index in [1.165, 1.54) is 6.20 Å². The first kappa shape index (κ1) is 19.3. The van der Waals surface area contributed by atoms with E-state index in [1.807, 2.05) is 0 Å². The number of nitrogens with zero attached hydrogens (tertiary/aromatic N) is 4. The number of fused-ring (bicyclic) bond motifs is 4. The molecule has 2 N–H and O–H groups in total. The number of aromatic nitrogens is 3. The summed E-state index contributed by atoms with van der Waals surface area (Å²) in [5.41, 5.74) is 7.56. The molecular formula is C24H15F2N5O2. The van der Waals surface area contributed by atoms with Crippen LogP contribution in [0.1, 0.15) is 11.1 Å². The van der Waals surface area contributed by atoms with E-state index < -0.39 is 17.4 Å². The van der Waals surface area contributed by atoms with Gasteiger partial charge in [0, 0.05) is 40.8 Å². The average molecular weight is 443 g/mol. The van der Waals surface area contributed by atoms with Crippen LogP contribution in [-0.2, 0) is 10.3 Å². The zero-order valence-corrected chi connectivity index (χ0v) is 17.0. The molecule has 0 bridgehead atoms. The van der Waals surface area contributed by atoms with E-state index in [9.17, 15) is 4.39 Å². The molecule has 162 valence electrons. The van der Waals surface area contributed by atoms with Crippen LogP contribution in [0.15, 0.2) is 72.1 Å². The van der Waals surface area contributed by atoms with Crippen molar-refractivity contribution in [2.24, 2.45) is 10.7 Å². The van der Waals surface area contributed by atoms with E-state index in [2.05, 4.69) is 19.9 Å². The fraction of sp³-hybridized carbons (Fsp3) is 0.0833. The third-order valence-electron chi connectivity index (χ3n) is 5.77. The lowest BCUT2D eigenvalue weighted by Crippen LogP contribution is -2.32. The topological polar surface area (TPSA) is 95.5 Å². The molecule has 0 saturated heterocycles. The molecule has 1 spiro atoms. The van der Waals surface area contributed by atoms with Gasteiger partial charge in [0.1, 0.15) is 12.4 Å². The maximum absolute atomic E-state index is 15.2. The van der Waals surface area contributed by atoms with Gasteiger partial charge in [-0.15, -0.1) is 0 Å². The summed E-state index contributed by atoms with van der Waals surface area (Å²) in [6.45, 7) is 0.0249. The first-order valence-electron chi connectivity index (χ1n) is 10.1. The SMILES string of the molecule is NC1=N[C@@]2(CO1)c1cc(-c3cccnc3F)ccc1Oc1c2cc(-c2cccnc2)nc1F. The van der Waals surface area contributed by atoms with Gasteiger partial charge < -0.3 is 15.2 Å². The van der Waals surface area contributed by atoms with Crippen molar-refractivity contribution < 1.29 is 18.3 Å². The normalized spacial score (nSPS) is 18.2. The summed E-state index contributed by atoms with van der Waals surface area (Å²) in [6, 6.07) is 13.5. The highest BCUT2D eigenvalue weighted by Gasteiger charge is 2.48. The van der Waals surface area contributed by atoms with Gasteiger partial charge in [-0.3, -0.25) is 4.98 Å². The molecule has 6 rings (SSSR count). The number of pyridine rings is 3. The Hall–Kier alpha value is -4.40. The molecule has 0 radical (unpaired) electrons. The fourth-order valence-electron chi connectivity index (χ4n) is 4.24. The first-order chi connectivity index (χ1) is 16.0. The van der Waals surface area contributed by atoms with Crippen molar-refractivity contribution in [3.8, 4) is 33.9 Å². The van der Waals surface area contributed by atoms with Gasteiger partial charge in [0.2, 0.25) is 5.95 Å². The summed E-state index contributed by atoms with van der Waals surface area (Å²) in [5.74, 6) is -1.10. The number of aliphatic imine (C=N–C) groups is 1. The molecule has 7 nitrogen and oxygen atoms in total. The van der Waals surface area contributed by atoms with Gasteiger partial charge in [0.15, 0.2) is 11.3 Å². The fourth-order valence-corrected chi connectivity index (χ4v) is 4.24. The average Bonchev–Trinajstić information content (AvgIpc) is 3.23. The molecule has 0 aliphatic carbocycles. The smallest absolute Gasteiger partial charge is 0.283 e. The van der Waals surface area contributed by atoms with Crippen LogP contribution in [0.25, 0.3) is 22.4 Å². The summed E-state index contributed by atoms with van der Waals surface area (Å²) in [6.07, 6.45) is 4.59. The van der Waals surface area contributed by atoms with E-state index >= 15 is 4.39 Å². The van der Waals surface area contributed by atoms with Crippen molar-refractivity contribution in [3.05, 3.63) is 90.1 Å². The largest absolute Gasteiger partial charge is 0.462 e. The minimum Gasteiger partial charge on any atom is -0.462 e. The molecule has 0 unspecified atom stereocenters. The Balaban J connectivity index is 1.59. The predicted octanol–water partition coefficient (Wildman–Crippen LogP) is 4.18. The number of hydrogen-bond acceptors (Lipinski definition) is 7. The summed E-state index contributed by atoms with van der Waals surface area (Å²) < 4.78 is 41.1. The van der Waals surface area contributed by atoms with Gasteiger partial charge in [0.25, 0.3) is 12.0 Å². The van der Waals surface area contributed by atoms with E-state index in [1.54, 1.807) is 60.9 Å². The lowest BCUT2D eigenvalue weighted by molar-refractivity contribution is 0.261. The van der Waals surface area contributed by atoms with E-state index in [4.69, 9.17) is 15.2 Å². The van der Waals surface area contributed by atoms with Gasteiger partial charge in [0.05, 0.1) is 5.69 Å². The minimum absolute atomic E-state index is 0.0249. The first-order valence-corrected chi connectivity index (χ1v) is 10.1. The monoisotopic (exact) mass is 443 g/mol. The third kappa shape index (κ3) is 2.93. The quantitative estimate of drug-likeness (QED) is 0.467. The van der Waals surface area contributed by atoms with Crippen molar-refractivity contribution >= 4 is 6.02 Å². The number of nitrogens with two attached hydrogens (primary N) is 1. The van der Waals surface area contributed by atoms with E-state index in [-0.39, 0.29) is 18.4 Å². The highest BCUT2D eigenvalue weighted by Crippen LogP contribution is 2.52. The Labute approximate surface area is 186 Å². The Bertz CT molecular complexity index is 1440. The number of amidine groups is 1. The molecule has 1 aromatic carbocycles. The van der Waals surface area contributed by atoms with Crippen LogP contribution >= 0.6 is 0 Å². The van der Waals surface area contributed by atoms with E-state index in [0.717, 1.165) is 0 Å². The Kier molecular flexibility index (Phi) is 4.13. The predicted molar refractivity (Wildman–Crippen MR) is 115 cm³/mol. The van der Waals surface area contributed by atoms with Gasteiger partial charge in [-0.25, -0.2) is 15.0 Å². The zero-order valence-electron chi connectivity index (χ0n) is 17.0. The molecule has 0 saturated carbocycles. The number of hydrogen-bond donors (Lipinski definition) is 1. The summed E-state index contributed by atoms with van der Waals surface area (Å²) >= 11 is 0. The van der Waals surface area contributed by atoms with Gasteiger partial charge >= 0.3 is 0 Å². The molecule has 0 fully saturated rings. The Morgan fingerprint density at radius 1 is 0.939 bits per heavy atom. The van der Waals surface area contributed by atoms with Gasteiger partial charge in [-0.05, 0) is 48.0 Å². The minimum atomic E-state index is -1.19. The second kappa shape index (κ2) is 7.06. The van der Waals surface area contributed by atoms with Crippen molar-refractivity contribution in [1.29, 1.82) is 0 Å². The molecule has 0 amide bonds. The highest BCUT2D eigenvalue weighted by atomic mass is 19.1. The van der Waals surface area contributed by atoms with Crippen LogP contribution in [0.2, 0.25) is 0 Å². The van der Waals surface area contributed by atoms with Crippen LogP contribution < -0.4 is 10.5 Å². The number of benzene rings is 1. The number of rotatable bonds is 2. The molecule has 3 aromatic heterocycles. The summed E-state index contributed by atoms with van der Waals surface area (Å²) in [4.78, 5) is 16.5. The zero-order chi connectivity index (χ0) is 22.6. The lowest BCUT2D eigenvalue weighted by atomic mass is 9.80. The second-order valence-electron chi connectivity index (χ2n) is 7.67. The summed E-state index contributed by atoms with van der Waals surface area (Å²) in [7, 11) is 0. The van der Waals surface area contributed by atoms with Crippen molar-refractivity contribution in [3.63, 3.8) is 0 Å². The van der Waals surface area contributed by atoms with Crippen molar-refractivity contribution in [2.75, 3.05) is 6.61 Å². The Morgan fingerprint density at radius 3 is 2.58 bits per heavy atom.